The molecule has 2 N–H and O–H groups in total. The highest BCUT2D eigenvalue weighted by molar-refractivity contribution is 7.21. The molecule has 1 aromatic carbocycles. The van der Waals surface area contributed by atoms with Crippen LogP contribution in [-0.2, 0) is 11.3 Å². The molecule has 7 nitrogen and oxygen atoms in total. The molecule has 0 aliphatic heterocycles. The van der Waals surface area contributed by atoms with Crippen molar-refractivity contribution in [2.75, 3.05) is 6.54 Å². The van der Waals surface area contributed by atoms with Crippen LogP contribution < -0.4 is 16.2 Å². The van der Waals surface area contributed by atoms with Crippen molar-refractivity contribution in [2.45, 2.75) is 20.4 Å². The molecular weight excluding hydrogens is 364 g/mol. The molecule has 0 radical (unpaired) electrons. The van der Waals surface area contributed by atoms with Crippen LogP contribution in [0.15, 0.2) is 47.5 Å². The van der Waals surface area contributed by atoms with Crippen LogP contribution in [0.5, 0.6) is 0 Å². The number of thiophene rings is 1. The molecule has 0 aliphatic carbocycles. The largest absolute Gasteiger partial charge is 0.338 e. The molecule has 0 unspecified atom stereocenters. The van der Waals surface area contributed by atoms with Gasteiger partial charge in [0.2, 0.25) is 5.91 Å². The third-order valence-electron chi connectivity index (χ3n) is 3.81. The number of benzene rings is 1. The van der Waals surface area contributed by atoms with Gasteiger partial charge in [0.1, 0.15) is 11.4 Å². The van der Waals surface area contributed by atoms with Crippen molar-refractivity contribution in [3.05, 3.63) is 53.1 Å². The summed E-state index contributed by atoms with van der Waals surface area (Å²) in [6.07, 6.45) is 1.33. The second-order valence-corrected chi connectivity index (χ2v) is 7.56. The number of fused-ring (bicyclic) bond motifs is 1. The number of urea groups is 1. The predicted octanol–water partition coefficient (Wildman–Crippen LogP) is 2.61. The average Bonchev–Trinajstić information content (AvgIpc) is 3.08. The number of carbonyl (C=O) groups is 2. The zero-order chi connectivity index (χ0) is 19.4. The van der Waals surface area contributed by atoms with Crippen molar-refractivity contribution < 1.29 is 9.59 Å². The number of rotatable bonds is 5. The van der Waals surface area contributed by atoms with Crippen molar-refractivity contribution in [2.24, 2.45) is 5.92 Å². The Bertz CT molecular complexity index is 1020. The van der Waals surface area contributed by atoms with Gasteiger partial charge in [-0.05, 0) is 17.5 Å². The van der Waals surface area contributed by atoms with E-state index in [2.05, 4.69) is 15.6 Å². The Morgan fingerprint density at radius 3 is 2.67 bits per heavy atom. The van der Waals surface area contributed by atoms with Crippen molar-refractivity contribution in [3.8, 4) is 10.4 Å². The minimum atomic E-state index is -0.572. The maximum atomic E-state index is 12.7. The first kappa shape index (κ1) is 18.8. The highest BCUT2D eigenvalue weighted by Crippen LogP contribution is 2.30. The van der Waals surface area contributed by atoms with E-state index >= 15 is 0 Å². The molecule has 27 heavy (non-hydrogen) atoms. The van der Waals surface area contributed by atoms with E-state index in [0.717, 1.165) is 10.4 Å². The minimum absolute atomic E-state index is 0.270. The van der Waals surface area contributed by atoms with Gasteiger partial charge in [-0.25, -0.2) is 9.78 Å². The number of imide groups is 1. The van der Waals surface area contributed by atoms with Gasteiger partial charge in [0, 0.05) is 11.4 Å². The highest BCUT2D eigenvalue weighted by Gasteiger charge is 2.13. The van der Waals surface area contributed by atoms with Crippen LogP contribution in [-0.4, -0.2) is 28.0 Å². The summed E-state index contributed by atoms with van der Waals surface area (Å²) in [5.74, 6) is -0.296. The van der Waals surface area contributed by atoms with E-state index < -0.39 is 11.9 Å². The molecule has 2 aromatic heterocycles. The molecule has 3 rings (SSSR count). The van der Waals surface area contributed by atoms with Crippen LogP contribution in [0.25, 0.3) is 20.7 Å². The van der Waals surface area contributed by atoms with Crippen LogP contribution in [0.4, 0.5) is 4.79 Å². The van der Waals surface area contributed by atoms with Gasteiger partial charge >= 0.3 is 6.03 Å². The number of amides is 3. The standard InChI is InChI=1S/C19H20N4O3S/c1-12(2)9-20-19(26)22-16(24)10-23-11-21-17-14(18(23)25)8-15(27-17)13-6-4-3-5-7-13/h3-8,11-12H,9-10H2,1-2H3,(H2,20,22,24,26). The zero-order valence-corrected chi connectivity index (χ0v) is 15.9. The van der Waals surface area contributed by atoms with Crippen LogP contribution in [0.2, 0.25) is 0 Å². The second kappa shape index (κ2) is 8.13. The van der Waals surface area contributed by atoms with Crippen LogP contribution in [0.1, 0.15) is 13.8 Å². The summed E-state index contributed by atoms with van der Waals surface area (Å²) in [6, 6.07) is 10.9. The first-order chi connectivity index (χ1) is 12.9. The fraction of sp³-hybridized carbons (Fsp3) is 0.263. The first-order valence-electron chi connectivity index (χ1n) is 8.56. The minimum Gasteiger partial charge on any atom is -0.338 e. The van der Waals surface area contributed by atoms with Gasteiger partial charge in [-0.3, -0.25) is 19.5 Å². The Morgan fingerprint density at radius 2 is 1.96 bits per heavy atom. The summed E-state index contributed by atoms with van der Waals surface area (Å²) in [5, 5.41) is 5.27. The van der Waals surface area contributed by atoms with Crippen molar-refractivity contribution in [1.29, 1.82) is 0 Å². The van der Waals surface area contributed by atoms with Gasteiger partial charge in [-0.1, -0.05) is 44.2 Å². The average molecular weight is 384 g/mol. The molecule has 0 aliphatic rings. The van der Waals surface area contributed by atoms with Crippen molar-refractivity contribution >= 4 is 33.5 Å². The van der Waals surface area contributed by atoms with Crippen LogP contribution in [0.3, 0.4) is 0 Å². The van der Waals surface area contributed by atoms with E-state index in [9.17, 15) is 14.4 Å². The Morgan fingerprint density at radius 1 is 1.22 bits per heavy atom. The third-order valence-corrected chi connectivity index (χ3v) is 4.91. The fourth-order valence-electron chi connectivity index (χ4n) is 2.48. The number of nitrogens with zero attached hydrogens (tertiary/aromatic N) is 2. The summed E-state index contributed by atoms with van der Waals surface area (Å²) in [7, 11) is 0. The first-order valence-corrected chi connectivity index (χ1v) is 9.38. The molecule has 3 aromatic rings. The molecule has 8 heteroatoms. The SMILES string of the molecule is CC(C)CNC(=O)NC(=O)Cn1cnc2sc(-c3ccccc3)cc2c1=O. The van der Waals surface area contributed by atoms with Crippen molar-refractivity contribution in [1.82, 2.24) is 20.2 Å². The molecule has 3 amide bonds. The Hall–Kier alpha value is -3.00. The van der Waals surface area contributed by atoms with Gasteiger partial charge in [-0.15, -0.1) is 11.3 Å². The van der Waals surface area contributed by atoms with E-state index in [-0.39, 0.29) is 18.0 Å². The molecular formula is C19H20N4O3S. The molecule has 0 bridgehead atoms. The molecule has 0 saturated carbocycles. The number of hydrogen-bond donors (Lipinski definition) is 2. The van der Waals surface area contributed by atoms with E-state index in [1.165, 1.54) is 22.2 Å². The smallest absolute Gasteiger partial charge is 0.321 e. The molecule has 140 valence electrons. The zero-order valence-electron chi connectivity index (χ0n) is 15.1. The fourth-order valence-corrected chi connectivity index (χ4v) is 3.47. The maximum Gasteiger partial charge on any atom is 0.321 e. The lowest BCUT2D eigenvalue weighted by Gasteiger charge is -2.09. The van der Waals surface area contributed by atoms with Gasteiger partial charge in [0.25, 0.3) is 5.56 Å². The monoisotopic (exact) mass is 384 g/mol. The summed E-state index contributed by atoms with van der Waals surface area (Å²) in [5.41, 5.74) is 0.696. The lowest BCUT2D eigenvalue weighted by atomic mass is 10.2. The van der Waals surface area contributed by atoms with Gasteiger partial charge in [0.05, 0.1) is 11.7 Å². The number of aromatic nitrogens is 2. The van der Waals surface area contributed by atoms with E-state index in [1.807, 2.05) is 44.2 Å². The maximum absolute atomic E-state index is 12.7. The summed E-state index contributed by atoms with van der Waals surface area (Å²) in [4.78, 5) is 42.2. The highest BCUT2D eigenvalue weighted by atomic mass is 32.1. The predicted molar refractivity (Wildman–Crippen MR) is 106 cm³/mol. The topological polar surface area (TPSA) is 93.1 Å². The Kier molecular flexibility index (Phi) is 5.66. The quantitative estimate of drug-likeness (QED) is 0.707. The molecule has 0 fully saturated rings. The number of nitrogens with one attached hydrogen (secondary N) is 2. The molecule has 0 atom stereocenters. The van der Waals surface area contributed by atoms with Gasteiger partial charge in [-0.2, -0.15) is 0 Å². The number of carbonyl (C=O) groups excluding carboxylic acids is 2. The molecule has 0 saturated heterocycles. The lowest BCUT2D eigenvalue weighted by Crippen LogP contribution is -2.43. The Balaban J connectivity index is 1.76. The normalized spacial score (nSPS) is 10.9. The molecule has 2 heterocycles. The third kappa shape index (κ3) is 4.59. The summed E-state index contributed by atoms with van der Waals surface area (Å²) >= 11 is 1.42. The molecule has 0 spiro atoms. The van der Waals surface area contributed by atoms with E-state index in [0.29, 0.717) is 16.8 Å². The number of hydrogen-bond acceptors (Lipinski definition) is 5. The second-order valence-electron chi connectivity index (χ2n) is 6.53. The van der Waals surface area contributed by atoms with Gasteiger partial charge in [0.15, 0.2) is 0 Å². The summed E-state index contributed by atoms with van der Waals surface area (Å²) in [6.45, 7) is 4.09. The lowest BCUT2D eigenvalue weighted by molar-refractivity contribution is -0.120. The van der Waals surface area contributed by atoms with E-state index in [4.69, 9.17) is 0 Å². The van der Waals surface area contributed by atoms with E-state index in [1.54, 1.807) is 6.07 Å². The Labute approximate surface area is 160 Å². The van der Waals surface area contributed by atoms with Crippen LogP contribution in [0, 0.1) is 5.92 Å². The van der Waals surface area contributed by atoms with Crippen molar-refractivity contribution in [3.63, 3.8) is 0 Å². The van der Waals surface area contributed by atoms with Crippen LogP contribution >= 0.6 is 11.3 Å². The summed E-state index contributed by atoms with van der Waals surface area (Å²) < 4.78 is 1.20. The van der Waals surface area contributed by atoms with Gasteiger partial charge < -0.3 is 5.32 Å².